The molecule has 1 aromatic rings. The molecule has 0 aliphatic carbocycles. The van der Waals surface area contributed by atoms with E-state index in [2.05, 4.69) is 5.32 Å². The van der Waals surface area contributed by atoms with Gasteiger partial charge in [-0.2, -0.15) is 0 Å². The van der Waals surface area contributed by atoms with Gasteiger partial charge < -0.3 is 20.3 Å². The summed E-state index contributed by atoms with van der Waals surface area (Å²) < 4.78 is 5.31. The van der Waals surface area contributed by atoms with Crippen LogP contribution in [0.1, 0.15) is 25.5 Å². The fourth-order valence-corrected chi connectivity index (χ4v) is 1.70. The number of benzene rings is 1. The van der Waals surface area contributed by atoms with Crippen LogP contribution in [-0.4, -0.2) is 37.1 Å². The maximum atomic E-state index is 9.24. The lowest BCUT2D eigenvalue weighted by Gasteiger charge is -2.27. The molecule has 0 aromatic heterocycles. The molecule has 1 aromatic carbocycles. The van der Waals surface area contributed by atoms with Crippen molar-refractivity contribution in [3.8, 4) is 5.75 Å². The van der Waals surface area contributed by atoms with Crippen LogP contribution in [0, 0.1) is 5.41 Å². The van der Waals surface area contributed by atoms with Crippen LogP contribution in [-0.2, 0) is 0 Å². The van der Waals surface area contributed by atoms with Crippen molar-refractivity contribution in [2.75, 3.05) is 26.9 Å². The van der Waals surface area contributed by atoms with E-state index in [4.69, 9.17) is 4.74 Å². The van der Waals surface area contributed by atoms with Gasteiger partial charge in [-0.25, -0.2) is 0 Å². The van der Waals surface area contributed by atoms with Crippen LogP contribution >= 0.6 is 0 Å². The van der Waals surface area contributed by atoms with Gasteiger partial charge in [0.15, 0.2) is 0 Å². The zero-order chi connectivity index (χ0) is 13.6. The van der Waals surface area contributed by atoms with Crippen LogP contribution in [0.4, 0.5) is 0 Å². The first-order chi connectivity index (χ1) is 8.56. The zero-order valence-electron chi connectivity index (χ0n) is 11.3. The Morgan fingerprint density at radius 2 is 1.89 bits per heavy atom. The summed E-state index contributed by atoms with van der Waals surface area (Å²) in [6.45, 7) is 4.32. The lowest BCUT2D eigenvalue weighted by Crippen LogP contribution is -2.38. The van der Waals surface area contributed by atoms with Gasteiger partial charge in [0.2, 0.25) is 0 Å². The van der Waals surface area contributed by atoms with Crippen LogP contribution in [0.3, 0.4) is 0 Å². The minimum atomic E-state index is -0.504. The van der Waals surface area contributed by atoms with Gasteiger partial charge in [0.1, 0.15) is 5.75 Å². The molecule has 0 bridgehead atoms. The van der Waals surface area contributed by atoms with Crippen molar-refractivity contribution in [1.29, 1.82) is 0 Å². The molecule has 4 nitrogen and oxygen atoms in total. The van der Waals surface area contributed by atoms with E-state index in [0.717, 1.165) is 11.3 Å². The Hall–Kier alpha value is -1.10. The van der Waals surface area contributed by atoms with Crippen molar-refractivity contribution in [3.05, 3.63) is 29.8 Å². The highest BCUT2D eigenvalue weighted by Crippen LogP contribution is 2.25. The Balaban J connectivity index is 2.68. The standard InChI is InChI=1S/C14H23NO3/c1-11(15-8-14(2,9-16)10-17)12-6-4-5-7-13(12)18-3/h4-7,11,15-17H,8-10H2,1-3H3/t11-/m0/s1. The van der Waals surface area contributed by atoms with Gasteiger partial charge >= 0.3 is 0 Å². The minimum absolute atomic E-state index is 0.0465. The monoisotopic (exact) mass is 253 g/mol. The molecule has 102 valence electrons. The summed E-state index contributed by atoms with van der Waals surface area (Å²) in [4.78, 5) is 0. The highest BCUT2D eigenvalue weighted by Gasteiger charge is 2.23. The highest BCUT2D eigenvalue weighted by molar-refractivity contribution is 5.35. The number of ether oxygens (including phenoxy) is 1. The summed E-state index contributed by atoms with van der Waals surface area (Å²) in [5, 5.41) is 21.8. The summed E-state index contributed by atoms with van der Waals surface area (Å²) in [6, 6.07) is 7.92. The SMILES string of the molecule is COc1ccccc1[C@H](C)NCC(C)(CO)CO. The van der Waals surface area contributed by atoms with Crippen molar-refractivity contribution in [2.45, 2.75) is 19.9 Å². The molecule has 0 aliphatic heterocycles. The van der Waals surface area contributed by atoms with E-state index < -0.39 is 5.41 Å². The van der Waals surface area contributed by atoms with Gasteiger partial charge in [-0.05, 0) is 13.0 Å². The molecule has 0 radical (unpaired) electrons. The lowest BCUT2D eigenvalue weighted by molar-refractivity contribution is 0.0677. The normalized spacial score (nSPS) is 13.4. The third-order valence-corrected chi connectivity index (χ3v) is 3.20. The van der Waals surface area contributed by atoms with Crippen molar-refractivity contribution >= 4 is 0 Å². The van der Waals surface area contributed by atoms with Gasteiger partial charge in [-0.3, -0.25) is 0 Å². The second-order valence-electron chi connectivity index (χ2n) is 4.97. The minimum Gasteiger partial charge on any atom is -0.496 e. The summed E-state index contributed by atoms with van der Waals surface area (Å²) in [6.07, 6.45) is 0. The molecule has 0 fully saturated rings. The van der Waals surface area contributed by atoms with Crippen molar-refractivity contribution < 1.29 is 14.9 Å². The Kier molecular flexibility index (Phi) is 5.59. The third kappa shape index (κ3) is 3.70. The van der Waals surface area contributed by atoms with Gasteiger partial charge in [0.05, 0.1) is 20.3 Å². The fourth-order valence-electron chi connectivity index (χ4n) is 1.70. The first kappa shape index (κ1) is 15.0. The van der Waals surface area contributed by atoms with Crippen molar-refractivity contribution in [2.24, 2.45) is 5.41 Å². The number of methoxy groups -OCH3 is 1. The van der Waals surface area contributed by atoms with Crippen molar-refractivity contribution in [1.82, 2.24) is 5.32 Å². The lowest BCUT2D eigenvalue weighted by atomic mass is 9.92. The van der Waals surface area contributed by atoms with Crippen LogP contribution in [0.15, 0.2) is 24.3 Å². The largest absolute Gasteiger partial charge is 0.496 e. The Labute approximate surface area is 109 Å². The average molecular weight is 253 g/mol. The quantitative estimate of drug-likeness (QED) is 0.686. The van der Waals surface area contributed by atoms with E-state index in [1.165, 1.54) is 0 Å². The van der Waals surface area contributed by atoms with Gasteiger partial charge in [-0.1, -0.05) is 25.1 Å². The first-order valence-electron chi connectivity index (χ1n) is 6.14. The summed E-state index contributed by atoms with van der Waals surface area (Å²) in [7, 11) is 1.65. The number of aliphatic hydroxyl groups excluding tert-OH is 2. The molecule has 0 saturated carbocycles. The fraction of sp³-hybridized carbons (Fsp3) is 0.571. The molecule has 4 heteroatoms. The molecule has 0 amide bonds. The maximum Gasteiger partial charge on any atom is 0.123 e. The molecule has 0 aliphatic rings. The number of hydrogen-bond donors (Lipinski definition) is 3. The van der Waals surface area contributed by atoms with E-state index in [0.29, 0.717) is 6.54 Å². The van der Waals surface area contributed by atoms with E-state index in [1.54, 1.807) is 7.11 Å². The Morgan fingerprint density at radius 1 is 1.28 bits per heavy atom. The van der Waals surface area contributed by atoms with E-state index >= 15 is 0 Å². The predicted molar refractivity (Wildman–Crippen MR) is 71.7 cm³/mol. The van der Waals surface area contributed by atoms with Crippen LogP contribution in [0.2, 0.25) is 0 Å². The van der Waals surface area contributed by atoms with Gasteiger partial charge in [-0.15, -0.1) is 0 Å². The smallest absolute Gasteiger partial charge is 0.123 e. The zero-order valence-corrected chi connectivity index (χ0v) is 11.3. The predicted octanol–water partition coefficient (Wildman–Crippen LogP) is 1.34. The summed E-state index contributed by atoms with van der Waals surface area (Å²) >= 11 is 0. The van der Waals surface area contributed by atoms with Crippen LogP contribution < -0.4 is 10.1 Å². The second kappa shape index (κ2) is 6.73. The molecular weight excluding hydrogens is 230 g/mol. The van der Waals surface area contributed by atoms with Crippen LogP contribution in [0.25, 0.3) is 0 Å². The number of para-hydroxylation sites is 1. The maximum absolute atomic E-state index is 9.24. The molecular formula is C14H23NO3. The van der Waals surface area contributed by atoms with Gasteiger partial charge in [0, 0.05) is 23.6 Å². The molecule has 18 heavy (non-hydrogen) atoms. The van der Waals surface area contributed by atoms with E-state index in [-0.39, 0.29) is 19.3 Å². The molecule has 0 saturated heterocycles. The highest BCUT2D eigenvalue weighted by atomic mass is 16.5. The average Bonchev–Trinajstić information content (AvgIpc) is 2.44. The topological polar surface area (TPSA) is 61.7 Å². The molecule has 1 rings (SSSR count). The van der Waals surface area contributed by atoms with Crippen LogP contribution in [0.5, 0.6) is 5.75 Å². The number of hydrogen-bond acceptors (Lipinski definition) is 4. The van der Waals surface area contributed by atoms with Gasteiger partial charge in [0.25, 0.3) is 0 Å². The molecule has 0 heterocycles. The Bertz CT molecular complexity index is 364. The number of rotatable bonds is 7. The second-order valence-corrected chi connectivity index (χ2v) is 4.97. The number of nitrogens with one attached hydrogen (secondary N) is 1. The molecule has 0 spiro atoms. The molecule has 3 N–H and O–H groups in total. The third-order valence-electron chi connectivity index (χ3n) is 3.20. The van der Waals surface area contributed by atoms with E-state index in [9.17, 15) is 10.2 Å². The first-order valence-corrected chi connectivity index (χ1v) is 6.14. The Morgan fingerprint density at radius 3 is 2.44 bits per heavy atom. The van der Waals surface area contributed by atoms with Crippen molar-refractivity contribution in [3.63, 3.8) is 0 Å². The summed E-state index contributed by atoms with van der Waals surface area (Å²) in [5.74, 6) is 0.840. The molecule has 0 unspecified atom stereocenters. The number of aliphatic hydroxyl groups is 2. The summed E-state index contributed by atoms with van der Waals surface area (Å²) in [5.41, 5.74) is 0.564. The van der Waals surface area contributed by atoms with E-state index in [1.807, 2.05) is 38.1 Å². The molecule has 1 atom stereocenters.